The maximum Gasteiger partial charge on any atom is 0.0622 e. The summed E-state index contributed by atoms with van der Waals surface area (Å²) in [6.07, 6.45) is 7.96. The van der Waals surface area contributed by atoms with Crippen LogP contribution in [0.1, 0.15) is 42.3 Å². The molecule has 0 aromatic carbocycles. The quantitative estimate of drug-likeness (QED) is 0.750. The van der Waals surface area contributed by atoms with Gasteiger partial charge in [-0.1, -0.05) is 0 Å². The smallest absolute Gasteiger partial charge is 0.0622 e. The summed E-state index contributed by atoms with van der Waals surface area (Å²) in [7, 11) is 0. The van der Waals surface area contributed by atoms with Crippen molar-refractivity contribution >= 4 is 0 Å². The van der Waals surface area contributed by atoms with E-state index in [0.29, 0.717) is 5.92 Å². The molecule has 3 heteroatoms. The van der Waals surface area contributed by atoms with Gasteiger partial charge < -0.3 is 5.32 Å². The van der Waals surface area contributed by atoms with Gasteiger partial charge in [-0.25, -0.2) is 0 Å². The maximum absolute atomic E-state index is 4.79. The Morgan fingerprint density at radius 3 is 2.80 bits per heavy atom. The van der Waals surface area contributed by atoms with Gasteiger partial charge >= 0.3 is 0 Å². The molecular weight excluding hydrogens is 186 g/mol. The van der Waals surface area contributed by atoms with Crippen LogP contribution in [0.2, 0.25) is 0 Å². The number of piperidine rings is 1. The highest BCUT2D eigenvalue weighted by atomic mass is 14.9. The molecule has 1 fully saturated rings. The summed E-state index contributed by atoms with van der Waals surface area (Å²) < 4.78 is 0. The van der Waals surface area contributed by atoms with Crippen molar-refractivity contribution < 1.29 is 0 Å². The van der Waals surface area contributed by atoms with Gasteiger partial charge in [-0.05, 0) is 45.2 Å². The van der Waals surface area contributed by atoms with Crippen LogP contribution in [0.25, 0.3) is 0 Å². The molecule has 1 aliphatic carbocycles. The number of aryl methyl sites for hydroxylation is 2. The number of hydrogen-bond donors (Lipinski definition) is 1. The molecular formula is C12H17N3. The van der Waals surface area contributed by atoms with E-state index in [4.69, 9.17) is 4.98 Å². The minimum absolute atomic E-state index is 0.643. The van der Waals surface area contributed by atoms with Crippen molar-refractivity contribution in [3.63, 3.8) is 0 Å². The van der Waals surface area contributed by atoms with E-state index in [9.17, 15) is 0 Å². The topological polar surface area (TPSA) is 37.8 Å². The summed E-state index contributed by atoms with van der Waals surface area (Å²) in [5.74, 6) is 0.643. The standard InChI is InChI=1S/C12H17N3/c1-2-10-11(3-1)15-12(8-14-10)9-4-6-13-7-5-9/h8-9,13H,1-7H2. The minimum Gasteiger partial charge on any atom is -0.317 e. The third kappa shape index (κ3) is 1.76. The number of hydrogen-bond acceptors (Lipinski definition) is 3. The molecule has 0 unspecified atom stereocenters. The maximum atomic E-state index is 4.79. The highest BCUT2D eigenvalue weighted by Gasteiger charge is 2.20. The lowest BCUT2D eigenvalue weighted by Crippen LogP contribution is -2.27. The minimum atomic E-state index is 0.643. The lowest BCUT2D eigenvalue weighted by Gasteiger charge is -2.22. The van der Waals surface area contributed by atoms with Crippen LogP contribution < -0.4 is 5.32 Å². The Labute approximate surface area is 90.3 Å². The Balaban J connectivity index is 1.85. The van der Waals surface area contributed by atoms with Gasteiger partial charge in [0.05, 0.1) is 17.1 Å². The predicted octanol–water partition coefficient (Wildman–Crippen LogP) is 1.43. The second-order valence-corrected chi connectivity index (χ2v) is 4.57. The first-order chi connectivity index (χ1) is 7.43. The zero-order valence-electron chi connectivity index (χ0n) is 9.00. The molecule has 0 spiro atoms. The van der Waals surface area contributed by atoms with Crippen molar-refractivity contribution in [3.05, 3.63) is 23.3 Å². The highest BCUT2D eigenvalue weighted by Crippen LogP contribution is 2.25. The number of fused-ring (bicyclic) bond motifs is 1. The summed E-state index contributed by atoms with van der Waals surface area (Å²) in [4.78, 5) is 9.34. The molecule has 1 saturated heterocycles. The second-order valence-electron chi connectivity index (χ2n) is 4.57. The highest BCUT2D eigenvalue weighted by molar-refractivity contribution is 5.20. The van der Waals surface area contributed by atoms with Gasteiger partial charge in [-0.15, -0.1) is 0 Å². The first-order valence-electron chi connectivity index (χ1n) is 5.99. The van der Waals surface area contributed by atoms with Gasteiger partial charge in [0.2, 0.25) is 0 Å². The number of nitrogens with zero attached hydrogens (tertiary/aromatic N) is 2. The van der Waals surface area contributed by atoms with Gasteiger partial charge in [0, 0.05) is 12.1 Å². The molecule has 0 bridgehead atoms. The molecule has 2 heterocycles. The fraction of sp³-hybridized carbons (Fsp3) is 0.667. The van der Waals surface area contributed by atoms with E-state index in [1.165, 1.54) is 36.3 Å². The van der Waals surface area contributed by atoms with Crippen molar-refractivity contribution in [2.75, 3.05) is 13.1 Å². The SMILES string of the molecule is c1nc2c(nc1C1CCNCC1)CCC2. The average molecular weight is 203 g/mol. The zero-order chi connectivity index (χ0) is 10.1. The number of nitrogens with one attached hydrogen (secondary N) is 1. The van der Waals surface area contributed by atoms with Crippen LogP contribution in [0.3, 0.4) is 0 Å². The Bertz CT molecular complexity index is 356. The molecule has 1 aromatic heterocycles. The number of aromatic nitrogens is 2. The molecule has 80 valence electrons. The third-order valence-electron chi connectivity index (χ3n) is 3.53. The largest absolute Gasteiger partial charge is 0.317 e. The van der Waals surface area contributed by atoms with Crippen molar-refractivity contribution in [3.8, 4) is 0 Å². The van der Waals surface area contributed by atoms with Crippen LogP contribution in [-0.2, 0) is 12.8 Å². The number of rotatable bonds is 1. The molecule has 1 aromatic rings. The predicted molar refractivity (Wildman–Crippen MR) is 58.9 cm³/mol. The summed E-state index contributed by atoms with van der Waals surface area (Å²) >= 11 is 0. The molecule has 0 amide bonds. The van der Waals surface area contributed by atoms with E-state index in [1.807, 2.05) is 6.20 Å². The van der Waals surface area contributed by atoms with E-state index in [0.717, 1.165) is 25.9 Å². The molecule has 0 radical (unpaired) electrons. The van der Waals surface area contributed by atoms with Crippen molar-refractivity contribution in [2.24, 2.45) is 0 Å². The normalized spacial score (nSPS) is 21.6. The van der Waals surface area contributed by atoms with Crippen LogP contribution in [0.15, 0.2) is 6.20 Å². The Kier molecular flexibility index (Phi) is 2.41. The Morgan fingerprint density at radius 1 is 1.13 bits per heavy atom. The molecule has 2 aliphatic rings. The van der Waals surface area contributed by atoms with Gasteiger partial charge in [-0.3, -0.25) is 9.97 Å². The Morgan fingerprint density at radius 2 is 1.93 bits per heavy atom. The second kappa shape index (κ2) is 3.89. The van der Waals surface area contributed by atoms with Crippen LogP contribution >= 0.6 is 0 Å². The molecule has 3 nitrogen and oxygen atoms in total. The van der Waals surface area contributed by atoms with E-state index in [2.05, 4.69) is 10.3 Å². The lowest BCUT2D eigenvalue weighted by molar-refractivity contribution is 0.451. The monoisotopic (exact) mass is 203 g/mol. The molecule has 3 rings (SSSR count). The molecule has 0 saturated carbocycles. The fourth-order valence-corrected chi connectivity index (χ4v) is 2.61. The zero-order valence-corrected chi connectivity index (χ0v) is 9.00. The van der Waals surface area contributed by atoms with Gasteiger partial charge in [0.1, 0.15) is 0 Å². The van der Waals surface area contributed by atoms with Gasteiger partial charge in [0.15, 0.2) is 0 Å². The van der Waals surface area contributed by atoms with E-state index < -0.39 is 0 Å². The fourth-order valence-electron chi connectivity index (χ4n) is 2.61. The molecule has 15 heavy (non-hydrogen) atoms. The van der Waals surface area contributed by atoms with Crippen LogP contribution in [0.4, 0.5) is 0 Å². The molecule has 1 aliphatic heterocycles. The van der Waals surface area contributed by atoms with E-state index in [-0.39, 0.29) is 0 Å². The van der Waals surface area contributed by atoms with Crippen molar-refractivity contribution in [1.82, 2.24) is 15.3 Å². The summed E-state index contributed by atoms with van der Waals surface area (Å²) in [6, 6.07) is 0. The van der Waals surface area contributed by atoms with Crippen molar-refractivity contribution in [2.45, 2.75) is 38.0 Å². The lowest BCUT2D eigenvalue weighted by atomic mass is 9.95. The molecule has 0 atom stereocenters. The van der Waals surface area contributed by atoms with Gasteiger partial charge in [0.25, 0.3) is 0 Å². The van der Waals surface area contributed by atoms with Crippen molar-refractivity contribution in [1.29, 1.82) is 0 Å². The first kappa shape index (κ1) is 9.28. The van der Waals surface area contributed by atoms with Gasteiger partial charge in [-0.2, -0.15) is 0 Å². The average Bonchev–Trinajstić information content (AvgIpc) is 2.77. The van der Waals surface area contributed by atoms with Crippen LogP contribution in [0.5, 0.6) is 0 Å². The summed E-state index contributed by atoms with van der Waals surface area (Å²) in [6.45, 7) is 2.26. The molecule has 1 N–H and O–H groups in total. The summed E-state index contributed by atoms with van der Waals surface area (Å²) in [5, 5.41) is 3.39. The van der Waals surface area contributed by atoms with Crippen LogP contribution in [0, 0.1) is 0 Å². The summed E-state index contributed by atoms with van der Waals surface area (Å²) in [5.41, 5.74) is 3.75. The van der Waals surface area contributed by atoms with E-state index >= 15 is 0 Å². The third-order valence-corrected chi connectivity index (χ3v) is 3.53. The Hall–Kier alpha value is -0.960. The van der Waals surface area contributed by atoms with E-state index in [1.54, 1.807) is 0 Å². The van der Waals surface area contributed by atoms with Crippen LogP contribution in [-0.4, -0.2) is 23.1 Å². The first-order valence-corrected chi connectivity index (χ1v) is 5.99.